The SMILES string of the molecule is COc1ccc(/C=C2/c3ccccc3-c3cc(OC)ccc32)cc1. The predicted octanol–water partition coefficient (Wildman–Crippen LogP) is 5.27. The van der Waals surface area contributed by atoms with Crippen molar-refractivity contribution < 1.29 is 9.47 Å². The lowest BCUT2D eigenvalue weighted by Crippen LogP contribution is -1.86. The number of hydrogen-bond acceptors (Lipinski definition) is 2. The maximum atomic E-state index is 5.40. The van der Waals surface area contributed by atoms with E-state index in [1.807, 2.05) is 18.2 Å². The maximum Gasteiger partial charge on any atom is 0.119 e. The standard InChI is InChI=1S/C22H18O2/c1-23-16-9-7-15(8-10-16)13-21-18-5-3-4-6-19(18)22-14-17(24-2)11-12-20(21)22/h3-14H,1-2H3/b21-13-. The molecule has 0 amide bonds. The van der Waals surface area contributed by atoms with Gasteiger partial charge in [0.15, 0.2) is 0 Å². The van der Waals surface area contributed by atoms with Crippen LogP contribution in [0.1, 0.15) is 16.7 Å². The van der Waals surface area contributed by atoms with Gasteiger partial charge >= 0.3 is 0 Å². The van der Waals surface area contributed by atoms with E-state index in [0.717, 1.165) is 17.1 Å². The van der Waals surface area contributed by atoms with Gasteiger partial charge in [-0.2, -0.15) is 0 Å². The zero-order valence-corrected chi connectivity index (χ0v) is 13.7. The van der Waals surface area contributed by atoms with Crippen LogP contribution in [-0.4, -0.2) is 14.2 Å². The highest BCUT2D eigenvalue weighted by Crippen LogP contribution is 2.46. The molecule has 4 rings (SSSR count). The second kappa shape index (κ2) is 5.89. The maximum absolute atomic E-state index is 5.40. The summed E-state index contributed by atoms with van der Waals surface area (Å²) in [5.41, 5.74) is 7.39. The van der Waals surface area contributed by atoms with Crippen LogP contribution in [-0.2, 0) is 0 Å². The molecule has 1 aliphatic carbocycles. The lowest BCUT2D eigenvalue weighted by molar-refractivity contribution is 0.414. The first kappa shape index (κ1) is 14.6. The zero-order valence-electron chi connectivity index (χ0n) is 13.7. The fourth-order valence-electron chi connectivity index (χ4n) is 3.23. The van der Waals surface area contributed by atoms with Crippen LogP contribution in [0.4, 0.5) is 0 Å². The third kappa shape index (κ3) is 2.37. The zero-order chi connectivity index (χ0) is 16.5. The van der Waals surface area contributed by atoms with Gasteiger partial charge in [0, 0.05) is 0 Å². The molecule has 0 fully saturated rings. The van der Waals surface area contributed by atoms with Gasteiger partial charge in [-0.25, -0.2) is 0 Å². The minimum absolute atomic E-state index is 0.870. The first-order valence-corrected chi connectivity index (χ1v) is 7.94. The third-order valence-electron chi connectivity index (χ3n) is 4.45. The predicted molar refractivity (Wildman–Crippen MR) is 98.4 cm³/mol. The van der Waals surface area contributed by atoms with Gasteiger partial charge in [-0.05, 0) is 63.7 Å². The molecular weight excluding hydrogens is 296 g/mol. The van der Waals surface area contributed by atoms with Crippen LogP contribution in [0, 0.1) is 0 Å². The molecule has 3 aromatic carbocycles. The summed E-state index contributed by atoms with van der Waals surface area (Å²) in [5.74, 6) is 1.75. The van der Waals surface area contributed by atoms with Crippen molar-refractivity contribution in [2.75, 3.05) is 14.2 Å². The summed E-state index contributed by atoms with van der Waals surface area (Å²) in [4.78, 5) is 0. The lowest BCUT2D eigenvalue weighted by atomic mass is 10.0. The summed E-state index contributed by atoms with van der Waals surface area (Å²) in [6, 6.07) is 22.9. The highest BCUT2D eigenvalue weighted by Gasteiger charge is 2.23. The minimum Gasteiger partial charge on any atom is -0.497 e. The van der Waals surface area contributed by atoms with Crippen molar-refractivity contribution in [3.05, 3.63) is 83.4 Å². The van der Waals surface area contributed by atoms with Crippen LogP contribution >= 0.6 is 0 Å². The Hall–Kier alpha value is -3.00. The summed E-state index contributed by atoms with van der Waals surface area (Å²) in [6.07, 6.45) is 2.23. The molecule has 0 N–H and O–H groups in total. The summed E-state index contributed by atoms with van der Waals surface area (Å²) in [5, 5.41) is 0. The van der Waals surface area contributed by atoms with Gasteiger partial charge < -0.3 is 9.47 Å². The normalized spacial score (nSPS) is 13.5. The molecule has 2 heteroatoms. The Kier molecular flexibility index (Phi) is 3.58. The molecule has 2 nitrogen and oxygen atoms in total. The van der Waals surface area contributed by atoms with Crippen LogP contribution in [0.5, 0.6) is 11.5 Å². The van der Waals surface area contributed by atoms with Gasteiger partial charge in [0.05, 0.1) is 14.2 Å². The van der Waals surface area contributed by atoms with Crippen LogP contribution in [0.25, 0.3) is 22.8 Å². The number of ether oxygens (including phenoxy) is 2. The van der Waals surface area contributed by atoms with E-state index in [9.17, 15) is 0 Å². The highest BCUT2D eigenvalue weighted by molar-refractivity contribution is 6.06. The molecule has 118 valence electrons. The van der Waals surface area contributed by atoms with Crippen LogP contribution in [0.3, 0.4) is 0 Å². The summed E-state index contributed by atoms with van der Waals surface area (Å²) in [7, 11) is 3.39. The molecule has 0 radical (unpaired) electrons. The second-order valence-electron chi connectivity index (χ2n) is 5.79. The Morgan fingerprint density at radius 2 is 1.25 bits per heavy atom. The Morgan fingerprint density at radius 3 is 1.96 bits per heavy atom. The van der Waals surface area contributed by atoms with Gasteiger partial charge in [-0.15, -0.1) is 0 Å². The van der Waals surface area contributed by atoms with E-state index in [2.05, 4.69) is 54.6 Å². The third-order valence-corrected chi connectivity index (χ3v) is 4.45. The number of rotatable bonds is 3. The van der Waals surface area contributed by atoms with E-state index < -0.39 is 0 Å². The van der Waals surface area contributed by atoms with Crippen LogP contribution in [0.15, 0.2) is 66.7 Å². The monoisotopic (exact) mass is 314 g/mol. The molecular formula is C22H18O2. The van der Waals surface area contributed by atoms with Crippen LogP contribution in [0.2, 0.25) is 0 Å². The van der Waals surface area contributed by atoms with E-state index in [4.69, 9.17) is 9.47 Å². The largest absolute Gasteiger partial charge is 0.497 e. The number of fused-ring (bicyclic) bond motifs is 3. The van der Waals surface area contributed by atoms with E-state index in [1.54, 1.807) is 14.2 Å². The Morgan fingerprint density at radius 1 is 0.625 bits per heavy atom. The van der Waals surface area contributed by atoms with Crippen molar-refractivity contribution in [2.24, 2.45) is 0 Å². The molecule has 3 aromatic rings. The van der Waals surface area contributed by atoms with Crippen LogP contribution < -0.4 is 9.47 Å². The quantitative estimate of drug-likeness (QED) is 0.512. The first-order chi connectivity index (χ1) is 11.8. The lowest BCUT2D eigenvalue weighted by Gasteiger charge is -2.06. The Labute approximate surface area is 142 Å². The average molecular weight is 314 g/mol. The number of benzene rings is 3. The molecule has 0 spiro atoms. The number of hydrogen-bond donors (Lipinski definition) is 0. The molecule has 0 saturated carbocycles. The summed E-state index contributed by atoms with van der Waals surface area (Å²) in [6.45, 7) is 0. The molecule has 0 aromatic heterocycles. The molecule has 24 heavy (non-hydrogen) atoms. The molecule has 0 saturated heterocycles. The fraction of sp³-hybridized carbons (Fsp3) is 0.0909. The van der Waals surface area contributed by atoms with Gasteiger partial charge in [0.1, 0.15) is 11.5 Å². The minimum atomic E-state index is 0.870. The fourth-order valence-corrected chi connectivity index (χ4v) is 3.23. The number of methoxy groups -OCH3 is 2. The average Bonchev–Trinajstić information content (AvgIpc) is 2.96. The first-order valence-electron chi connectivity index (χ1n) is 7.94. The Balaban J connectivity index is 1.88. The molecule has 0 aliphatic heterocycles. The summed E-state index contributed by atoms with van der Waals surface area (Å²) < 4.78 is 10.6. The molecule has 0 unspecified atom stereocenters. The Bertz CT molecular complexity index is 921. The van der Waals surface area contributed by atoms with Crippen molar-refractivity contribution in [3.63, 3.8) is 0 Å². The van der Waals surface area contributed by atoms with Crippen molar-refractivity contribution >= 4 is 11.6 Å². The van der Waals surface area contributed by atoms with E-state index in [0.29, 0.717) is 0 Å². The van der Waals surface area contributed by atoms with E-state index >= 15 is 0 Å². The van der Waals surface area contributed by atoms with Gasteiger partial charge in [-0.3, -0.25) is 0 Å². The smallest absolute Gasteiger partial charge is 0.119 e. The molecule has 1 aliphatic rings. The van der Waals surface area contributed by atoms with Gasteiger partial charge in [-0.1, -0.05) is 42.5 Å². The van der Waals surface area contributed by atoms with Crippen molar-refractivity contribution in [2.45, 2.75) is 0 Å². The second-order valence-corrected chi connectivity index (χ2v) is 5.79. The van der Waals surface area contributed by atoms with Crippen molar-refractivity contribution in [3.8, 4) is 22.6 Å². The van der Waals surface area contributed by atoms with E-state index in [1.165, 1.54) is 27.8 Å². The summed E-state index contributed by atoms with van der Waals surface area (Å²) >= 11 is 0. The highest BCUT2D eigenvalue weighted by atomic mass is 16.5. The van der Waals surface area contributed by atoms with Gasteiger partial charge in [0.2, 0.25) is 0 Å². The van der Waals surface area contributed by atoms with Crippen molar-refractivity contribution in [1.82, 2.24) is 0 Å². The molecule has 0 bridgehead atoms. The van der Waals surface area contributed by atoms with Gasteiger partial charge in [0.25, 0.3) is 0 Å². The molecule has 0 heterocycles. The molecule has 0 atom stereocenters. The van der Waals surface area contributed by atoms with E-state index in [-0.39, 0.29) is 0 Å². The van der Waals surface area contributed by atoms with Crippen molar-refractivity contribution in [1.29, 1.82) is 0 Å². The topological polar surface area (TPSA) is 18.5 Å².